The molecule has 0 aliphatic carbocycles. The van der Waals surface area contributed by atoms with Crippen molar-refractivity contribution in [3.63, 3.8) is 0 Å². The van der Waals surface area contributed by atoms with Crippen molar-refractivity contribution in [2.24, 2.45) is 0 Å². The van der Waals surface area contributed by atoms with E-state index in [0.29, 0.717) is 18.4 Å². The van der Waals surface area contributed by atoms with Gasteiger partial charge >= 0.3 is 0 Å². The van der Waals surface area contributed by atoms with Crippen molar-refractivity contribution in [3.05, 3.63) is 35.4 Å². The summed E-state index contributed by atoms with van der Waals surface area (Å²) in [4.78, 5) is 10.5. The molecule has 0 aliphatic heterocycles. The molecule has 0 bridgehead atoms. The number of carbonyl (C=O) groups excluding carboxylic acids is 1. The van der Waals surface area contributed by atoms with Crippen LogP contribution < -0.4 is 0 Å². The number of nitriles is 1. The summed E-state index contributed by atoms with van der Waals surface area (Å²) in [6, 6.07) is 9.15. The maximum Gasteiger partial charge on any atom is 0.221 e. The number of halogens is 1. The van der Waals surface area contributed by atoms with E-state index >= 15 is 0 Å². The molecule has 0 saturated carbocycles. The van der Waals surface area contributed by atoms with E-state index in [0.717, 1.165) is 5.56 Å². The van der Waals surface area contributed by atoms with Crippen molar-refractivity contribution >= 4 is 16.8 Å². The third-order valence-electron chi connectivity index (χ3n) is 1.69. The van der Waals surface area contributed by atoms with Gasteiger partial charge in [-0.2, -0.15) is 5.26 Å². The van der Waals surface area contributed by atoms with Crippen molar-refractivity contribution in [3.8, 4) is 6.07 Å². The molecule has 0 spiro atoms. The Bertz CT molecular complexity index is 337. The minimum Gasteiger partial charge on any atom is -0.281 e. The zero-order valence-electron chi connectivity index (χ0n) is 6.96. The van der Waals surface area contributed by atoms with E-state index in [1.165, 1.54) is 0 Å². The summed E-state index contributed by atoms with van der Waals surface area (Å²) < 4.78 is 0. The fourth-order valence-electron chi connectivity index (χ4n) is 0.989. The maximum atomic E-state index is 10.5. The predicted molar refractivity (Wildman–Crippen MR) is 50.3 cm³/mol. The first-order chi connectivity index (χ1) is 6.22. The molecule has 1 rings (SSSR count). The number of rotatable bonds is 3. The smallest absolute Gasteiger partial charge is 0.221 e. The monoisotopic (exact) mass is 193 g/mol. The van der Waals surface area contributed by atoms with Crippen LogP contribution in [0.1, 0.15) is 17.5 Å². The number of carbonyl (C=O) groups is 1. The molecule has 0 fully saturated rings. The highest BCUT2D eigenvalue weighted by Gasteiger charge is 1.98. The lowest BCUT2D eigenvalue weighted by molar-refractivity contribution is -0.111. The van der Waals surface area contributed by atoms with Crippen LogP contribution in [0.5, 0.6) is 0 Å². The van der Waals surface area contributed by atoms with Gasteiger partial charge in [0, 0.05) is 6.42 Å². The van der Waals surface area contributed by atoms with Crippen LogP contribution in [0.4, 0.5) is 0 Å². The van der Waals surface area contributed by atoms with Gasteiger partial charge in [0.15, 0.2) is 0 Å². The van der Waals surface area contributed by atoms with Crippen LogP contribution in [0.15, 0.2) is 24.3 Å². The van der Waals surface area contributed by atoms with Gasteiger partial charge in [0.1, 0.15) is 0 Å². The van der Waals surface area contributed by atoms with Gasteiger partial charge in [-0.25, -0.2) is 0 Å². The lowest BCUT2D eigenvalue weighted by atomic mass is 10.1. The van der Waals surface area contributed by atoms with E-state index in [9.17, 15) is 4.79 Å². The van der Waals surface area contributed by atoms with E-state index < -0.39 is 0 Å². The van der Waals surface area contributed by atoms with E-state index in [1.807, 2.05) is 18.2 Å². The fraction of sp³-hybridized carbons (Fsp3) is 0.200. The second-order valence-electron chi connectivity index (χ2n) is 2.66. The third kappa shape index (κ3) is 3.27. The number of hydrogen-bond acceptors (Lipinski definition) is 2. The topological polar surface area (TPSA) is 40.9 Å². The van der Waals surface area contributed by atoms with Crippen LogP contribution in [-0.2, 0) is 11.2 Å². The summed E-state index contributed by atoms with van der Waals surface area (Å²) in [5.74, 6) is 0. The van der Waals surface area contributed by atoms with Gasteiger partial charge in [0.05, 0.1) is 11.6 Å². The zero-order valence-corrected chi connectivity index (χ0v) is 7.71. The Morgan fingerprint density at radius 3 is 2.46 bits per heavy atom. The first-order valence-corrected chi connectivity index (χ1v) is 4.27. The van der Waals surface area contributed by atoms with E-state index in [-0.39, 0.29) is 5.24 Å². The molecule has 0 heterocycles. The normalized spacial score (nSPS) is 9.23. The van der Waals surface area contributed by atoms with E-state index in [1.54, 1.807) is 12.1 Å². The molecular weight excluding hydrogens is 186 g/mol. The Balaban J connectivity index is 2.60. The minimum absolute atomic E-state index is 0.329. The molecule has 0 saturated heterocycles. The maximum absolute atomic E-state index is 10.5. The van der Waals surface area contributed by atoms with Crippen LogP contribution in [0, 0.1) is 11.3 Å². The Kier molecular flexibility index (Phi) is 3.48. The summed E-state index contributed by atoms with van der Waals surface area (Å²) in [5.41, 5.74) is 1.65. The average molecular weight is 194 g/mol. The molecule has 1 aromatic rings. The van der Waals surface area contributed by atoms with Crippen molar-refractivity contribution in [1.29, 1.82) is 5.26 Å². The van der Waals surface area contributed by atoms with Crippen molar-refractivity contribution in [2.45, 2.75) is 12.8 Å². The van der Waals surface area contributed by atoms with Crippen LogP contribution in [0.25, 0.3) is 0 Å². The quantitative estimate of drug-likeness (QED) is 0.691. The molecular formula is C10H8ClNO. The second kappa shape index (κ2) is 4.64. The SMILES string of the molecule is N#Cc1ccc(CCC(=O)Cl)cc1. The van der Waals surface area contributed by atoms with Crippen LogP contribution in [0.3, 0.4) is 0 Å². The van der Waals surface area contributed by atoms with Gasteiger partial charge < -0.3 is 0 Å². The molecule has 0 unspecified atom stereocenters. The Morgan fingerprint density at radius 1 is 1.38 bits per heavy atom. The number of nitrogens with zero attached hydrogens (tertiary/aromatic N) is 1. The Morgan fingerprint density at radius 2 is 2.00 bits per heavy atom. The molecule has 0 atom stereocenters. The number of benzene rings is 1. The third-order valence-corrected chi connectivity index (χ3v) is 1.88. The lowest BCUT2D eigenvalue weighted by Gasteiger charge is -1.97. The van der Waals surface area contributed by atoms with Gasteiger partial charge in [-0.05, 0) is 35.7 Å². The lowest BCUT2D eigenvalue weighted by Crippen LogP contribution is -1.91. The molecule has 66 valence electrons. The van der Waals surface area contributed by atoms with Crippen LogP contribution >= 0.6 is 11.6 Å². The van der Waals surface area contributed by atoms with E-state index in [4.69, 9.17) is 16.9 Å². The number of hydrogen-bond donors (Lipinski definition) is 0. The summed E-state index contributed by atoms with van der Waals surface area (Å²) in [6.45, 7) is 0. The average Bonchev–Trinajstić information content (AvgIpc) is 2.15. The minimum atomic E-state index is -0.329. The second-order valence-corrected chi connectivity index (χ2v) is 3.09. The summed E-state index contributed by atoms with van der Waals surface area (Å²) in [6.07, 6.45) is 0.974. The molecule has 2 nitrogen and oxygen atoms in total. The van der Waals surface area contributed by atoms with Crippen molar-refractivity contribution in [1.82, 2.24) is 0 Å². The van der Waals surface area contributed by atoms with Gasteiger partial charge in [0.2, 0.25) is 5.24 Å². The molecule has 0 amide bonds. The van der Waals surface area contributed by atoms with E-state index in [2.05, 4.69) is 0 Å². The Labute approximate surface area is 81.7 Å². The van der Waals surface area contributed by atoms with Gasteiger partial charge in [-0.3, -0.25) is 4.79 Å². The fourth-order valence-corrected chi connectivity index (χ4v) is 1.08. The highest BCUT2D eigenvalue weighted by molar-refractivity contribution is 6.63. The van der Waals surface area contributed by atoms with Crippen molar-refractivity contribution in [2.75, 3.05) is 0 Å². The van der Waals surface area contributed by atoms with Crippen LogP contribution in [-0.4, -0.2) is 5.24 Å². The summed E-state index contributed by atoms with van der Waals surface area (Å²) >= 11 is 5.19. The molecule has 0 aromatic heterocycles. The van der Waals surface area contributed by atoms with Gasteiger partial charge in [0.25, 0.3) is 0 Å². The van der Waals surface area contributed by atoms with Crippen molar-refractivity contribution < 1.29 is 4.79 Å². The summed E-state index contributed by atoms with van der Waals surface area (Å²) in [5, 5.41) is 8.19. The first kappa shape index (κ1) is 9.76. The van der Waals surface area contributed by atoms with Gasteiger partial charge in [-0.15, -0.1) is 0 Å². The van der Waals surface area contributed by atoms with Crippen LogP contribution in [0.2, 0.25) is 0 Å². The molecule has 0 radical (unpaired) electrons. The largest absolute Gasteiger partial charge is 0.281 e. The zero-order chi connectivity index (χ0) is 9.68. The molecule has 3 heteroatoms. The molecule has 1 aromatic carbocycles. The highest BCUT2D eigenvalue weighted by atomic mass is 35.5. The molecule has 0 N–H and O–H groups in total. The van der Waals surface area contributed by atoms with Gasteiger partial charge in [-0.1, -0.05) is 12.1 Å². The molecule has 0 aliphatic rings. The predicted octanol–water partition coefficient (Wildman–Crippen LogP) is 2.26. The highest BCUT2D eigenvalue weighted by Crippen LogP contribution is 2.06. The number of aryl methyl sites for hydroxylation is 1. The molecule has 13 heavy (non-hydrogen) atoms. The standard InChI is InChI=1S/C10H8ClNO/c11-10(13)6-5-8-1-3-9(7-12)4-2-8/h1-4H,5-6H2. The Hall–Kier alpha value is -1.33. The first-order valence-electron chi connectivity index (χ1n) is 3.90. The summed E-state index contributed by atoms with van der Waals surface area (Å²) in [7, 11) is 0.